The van der Waals surface area contributed by atoms with E-state index in [1.165, 1.54) is 0 Å². The number of halogens is 1. The molecule has 0 N–H and O–H groups in total. The lowest BCUT2D eigenvalue weighted by Gasteiger charge is -2.20. The molecule has 0 unspecified atom stereocenters. The maximum absolute atomic E-state index is 6.25. The maximum atomic E-state index is 6.25. The van der Waals surface area contributed by atoms with Crippen LogP contribution < -0.4 is 18.9 Å². The molecule has 1 aliphatic rings. The van der Waals surface area contributed by atoms with E-state index in [-0.39, 0.29) is 6.01 Å². The molecule has 0 amide bonds. The number of hydrogen-bond acceptors (Lipinski definition) is 6. The molecule has 0 atom stereocenters. The van der Waals surface area contributed by atoms with E-state index in [0.29, 0.717) is 47.8 Å². The quantitative estimate of drug-likeness (QED) is 0.668. The second-order valence-corrected chi connectivity index (χ2v) is 5.91. The Labute approximate surface area is 155 Å². The molecule has 0 radical (unpaired) electrons. The monoisotopic (exact) mass is 370 g/mol. The van der Waals surface area contributed by atoms with Gasteiger partial charge in [0.15, 0.2) is 11.5 Å². The molecule has 2 aromatic carbocycles. The Hall–Kier alpha value is -2.99. The van der Waals surface area contributed by atoms with E-state index < -0.39 is 0 Å². The number of fused-ring (bicyclic) bond motifs is 1. The van der Waals surface area contributed by atoms with Crippen molar-refractivity contribution in [1.82, 2.24) is 9.97 Å². The molecule has 7 heteroatoms. The number of hydrogen-bond donors (Lipinski definition) is 0. The molecule has 0 fully saturated rings. The van der Waals surface area contributed by atoms with Crippen LogP contribution in [-0.2, 0) is 6.61 Å². The van der Waals surface area contributed by atoms with Crippen molar-refractivity contribution >= 4 is 11.6 Å². The minimum absolute atomic E-state index is 0.281. The number of aromatic nitrogens is 2. The highest BCUT2D eigenvalue weighted by Gasteiger charge is 2.16. The fourth-order valence-corrected chi connectivity index (χ4v) is 2.77. The summed E-state index contributed by atoms with van der Waals surface area (Å²) >= 11 is 6.25. The zero-order valence-electron chi connectivity index (χ0n) is 13.7. The highest BCUT2D eigenvalue weighted by molar-refractivity contribution is 6.32. The van der Waals surface area contributed by atoms with E-state index in [9.17, 15) is 0 Å². The third-order valence-electron chi connectivity index (χ3n) is 3.62. The molecule has 0 spiro atoms. The Morgan fingerprint density at radius 2 is 1.77 bits per heavy atom. The standard InChI is InChI=1S/C19H15ClN2O4/c20-16-9-13(10-17-18(16)24-8-7-23-17)12-25-14-3-1-4-15(11-14)26-19-21-5-2-6-22-19/h1-6,9-11H,7-8,12H2. The molecule has 2 heterocycles. The molecule has 1 aliphatic heterocycles. The zero-order chi connectivity index (χ0) is 17.8. The van der Waals surface area contributed by atoms with Gasteiger partial charge in [-0.3, -0.25) is 0 Å². The number of ether oxygens (including phenoxy) is 4. The van der Waals surface area contributed by atoms with Gasteiger partial charge in [0, 0.05) is 18.5 Å². The van der Waals surface area contributed by atoms with Crippen molar-refractivity contribution in [1.29, 1.82) is 0 Å². The highest BCUT2D eigenvalue weighted by atomic mass is 35.5. The third kappa shape index (κ3) is 3.81. The summed E-state index contributed by atoms with van der Waals surface area (Å²) in [6.07, 6.45) is 3.24. The molecule has 6 nitrogen and oxygen atoms in total. The van der Waals surface area contributed by atoms with Gasteiger partial charge >= 0.3 is 6.01 Å². The molecule has 4 rings (SSSR count). The van der Waals surface area contributed by atoms with Gasteiger partial charge in [-0.2, -0.15) is 0 Å². The molecule has 26 heavy (non-hydrogen) atoms. The second kappa shape index (κ2) is 7.49. The van der Waals surface area contributed by atoms with Crippen molar-refractivity contribution in [2.75, 3.05) is 13.2 Å². The smallest absolute Gasteiger partial charge is 0.321 e. The Morgan fingerprint density at radius 1 is 0.962 bits per heavy atom. The van der Waals surface area contributed by atoms with Crippen LogP contribution in [0.5, 0.6) is 29.0 Å². The fraction of sp³-hybridized carbons (Fsp3) is 0.158. The van der Waals surface area contributed by atoms with Gasteiger partial charge in [-0.05, 0) is 35.9 Å². The molecule has 0 bridgehead atoms. The normalized spacial score (nSPS) is 12.5. The molecule has 1 aromatic heterocycles. The molecular weight excluding hydrogens is 356 g/mol. The van der Waals surface area contributed by atoms with E-state index in [2.05, 4.69) is 9.97 Å². The van der Waals surface area contributed by atoms with Crippen molar-refractivity contribution in [2.45, 2.75) is 6.61 Å². The van der Waals surface area contributed by atoms with Crippen LogP contribution in [0.2, 0.25) is 5.02 Å². The van der Waals surface area contributed by atoms with Crippen LogP contribution in [0.25, 0.3) is 0 Å². The lowest BCUT2D eigenvalue weighted by Crippen LogP contribution is -2.16. The van der Waals surface area contributed by atoms with Crippen LogP contribution in [0.15, 0.2) is 54.9 Å². The van der Waals surface area contributed by atoms with Crippen LogP contribution in [0.4, 0.5) is 0 Å². The van der Waals surface area contributed by atoms with E-state index in [1.54, 1.807) is 24.5 Å². The summed E-state index contributed by atoms with van der Waals surface area (Å²) in [5, 5.41) is 0.513. The van der Waals surface area contributed by atoms with Crippen molar-refractivity contribution in [3.8, 4) is 29.0 Å². The van der Waals surface area contributed by atoms with Crippen molar-refractivity contribution in [3.63, 3.8) is 0 Å². The van der Waals surface area contributed by atoms with Crippen molar-refractivity contribution < 1.29 is 18.9 Å². The predicted molar refractivity (Wildman–Crippen MR) is 95.3 cm³/mol. The first kappa shape index (κ1) is 16.5. The minimum atomic E-state index is 0.281. The first-order chi connectivity index (χ1) is 12.8. The molecule has 0 saturated carbocycles. The Bertz CT molecular complexity index is 905. The lowest BCUT2D eigenvalue weighted by atomic mass is 10.2. The van der Waals surface area contributed by atoms with Gasteiger partial charge in [0.2, 0.25) is 0 Å². The fourth-order valence-electron chi connectivity index (χ4n) is 2.49. The Balaban J connectivity index is 1.45. The SMILES string of the molecule is Clc1cc(COc2cccc(Oc3ncccn3)c2)cc2c1OCCO2. The Kier molecular flexibility index (Phi) is 4.75. The molecule has 0 aliphatic carbocycles. The van der Waals surface area contributed by atoms with Crippen molar-refractivity contribution in [2.24, 2.45) is 0 Å². The van der Waals surface area contributed by atoms with E-state index >= 15 is 0 Å². The van der Waals surface area contributed by atoms with Gasteiger partial charge in [-0.25, -0.2) is 9.97 Å². The lowest BCUT2D eigenvalue weighted by molar-refractivity contribution is 0.171. The van der Waals surface area contributed by atoms with E-state index in [1.807, 2.05) is 30.3 Å². The first-order valence-corrected chi connectivity index (χ1v) is 8.41. The summed E-state index contributed by atoms with van der Waals surface area (Å²) in [7, 11) is 0. The van der Waals surface area contributed by atoms with Gasteiger partial charge in [0.05, 0.1) is 5.02 Å². The summed E-state index contributed by atoms with van der Waals surface area (Å²) < 4.78 is 22.5. The number of rotatable bonds is 5. The van der Waals surface area contributed by atoms with E-state index in [0.717, 1.165) is 5.56 Å². The topological polar surface area (TPSA) is 62.7 Å². The minimum Gasteiger partial charge on any atom is -0.489 e. The summed E-state index contributed by atoms with van der Waals surface area (Å²) in [5.74, 6) is 2.47. The van der Waals surface area contributed by atoms with Gasteiger partial charge in [0.1, 0.15) is 31.3 Å². The maximum Gasteiger partial charge on any atom is 0.321 e. The summed E-state index contributed by atoms with van der Waals surface area (Å²) in [4.78, 5) is 8.07. The largest absolute Gasteiger partial charge is 0.489 e. The van der Waals surface area contributed by atoms with Crippen LogP contribution in [-0.4, -0.2) is 23.2 Å². The average Bonchev–Trinajstić information content (AvgIpc) is 2.68. The first-order valence-electron chi connectivity index (χ1n) is 8.04. The zero-order valence-corrected chi connectivity index (χ0v) is 14.5. The van der Waals surface area contributed by atoms with E-state index in [4.69, 9.17) is 30.5 Å². The molecular formula is C19H15ClN2O4. The third-order valence-corrected chi connectivity index (χ3v) is 3.90. The van der Waals surface area contributed by atoms with Gasteiger partial charge in [-0.15, -0.1) is 0 Å². The van der Waals surface area contributed by atoms with Crippen molar-refractivity contribution in [3.05, 3.63) is 65.4 Å². The number of nitrogens with zero attached hydrogens (tertiary/aromatic N) is 2. The second-order valence-electron chi connectivity index (χ2n) is 5.50. The van der Waals surface area contributed by atoms with Gasteiger partial charge in [-0.1, -0.05) is 17.7 Å². The van der Waals surface area contributed by atoms with Crippen LogP contribution in [0, 0.1) is 0 Å². The number of benzene rings is 2. The summed E-state index contributed by atoms with van der Waals surface area (Å²) in [6.45, 7) is 1.34. The highest BCUT2D eigenvalue weighted by Crippen LogP contribution is 2.38. The Morgan fingerprint density at radius 3 is 2.65 bits per heavy atom. The summed E-state index contributed by atoms with van der Waals surface area (Å²) in [6, 6.07) is 13.0. The molecule has 3 aromatic rings. The van der Waals surface area contributed by atoms with Gasteiger partial charge in [0.25, 0.3) is 0 Å². The average molecular weight is 371 g/mol. The molecule has 132 valence electrons. The van der Waals surface area contributed by atoms with Gasteiger partial charge < -0.3 is 18.9 Å². The predicted octanol–water partition coefficient (Wildman–Crippen LogP) is 4.27. The molecule has 0 saturated heterocycles. The van der Waals surface area contributed by atoms with Crippen LogP contribution in [0.3, 0.4) is 0 Å². The van der Waals surface area contributed by atoms with Crippen LogP contribution >= 0.6 is 11.6 Å². The summed E-state index contributed by atoms with van der Waals surface area (Å²) in [5.41, 5.74) is 0.886. The van der Waals surface area contributed by atoms with Crippen LogP contribution in [0.1, 0.15) is 5.56 Å².